The minimum absolute atomic E-state index is 0.490. The van der Waals surface area contributed by atoms with Crippen LogP contribution in [0, 0.1) is 5.41 Å². The summed E-state index contributed by atoms with van der Waals surface area (Å²) in [6, 6.07) is 0. The maximum atomic E-state index is 5.32. The molecule has 5 heteroatoms. The molecule has 2 aliphatic heterocycles. The van der Waals surface area contributed by atoms with Crippen molar-refractivity contribution in [3.8, 4) is 0 Å². The van der Waals surface area contributed by atoms with Gasteiger partial charge in [-0.1, -0.05) is 12.1 Å². The van der Waals surface area contributed by atoms with Gasteiger partial charge in [-0.25, -0.2) is 0 Å². The van der Waals surface area contributed by atoms with Gasteiger partial charge in [-0.05, 0) is 44.2 Å². The number of nitrogens with zero attached hydrogens (tertiary/aromatic N) is 3. The van der Waals surface area contributed by atoms with E-state index in [2.05, 4.69) is 27.3 Å². The van der Waals surface area contributed by atoms with Crippen LogP contribution in [-0.4, -0.2) is 41.2 Å². The summed E-state index contributed by atoms with van der Waals surface area (Å²) in [5.74, 6) is 1.60. The number of hydrogen-bond donors (Lipinski definition) is 1. The lowest BCUT2D eigenvalue weighted by Crippen LogP contribution is -2.50. The van der Waals surface area contributed by atoms with Gasteiger partial charge in [0.2, 0.25) is 5.89 Å². The van der Waals surface area contributed by atoms with E-state index in [1.54, 1.807) is 0 Å². The molecule has 0 radical (unpaired) electrons. The van der Waals surface area contributed by atoms with Crippen LogP contribution in [0.4, 0.5) is 0 Å². The quantitative estimate of drug-likeness (QED) is 0.898. The SMILES string of the molecule is CCc1noc(CN2CCCC3(CCCNC3)C2)n1. The van der Waals surface area contributed by atoms with Crippen molar-refractivity contribution in [1.82, 2.24) is 20.4 Å². The third kappa shape index (κ3) is 2.98. The topological polar surface area (TPSA) is 54.2 Å². The summed E-state index contributed by atoms with van der Waals surface area (Å²) in [6.07, 6.45) is 6.17. The molecule has 0 amide bonds. The van der Waals surface area contributed by atoms with Crippen LogP contribution in [0.5, 0.6) is 0 Å². The fraction of sp³-hybridized carbons (Fsp3) is 0.857. The fourth-order valence-corrected chi connectivity index (χ4v) is 3.51. The van der Waals surface area contributed by atoms with Gasteiger partial charge in [0.05, 0.1) is 6.54 Å². The number of likely N-dealkylation sites (tertiary alicyclic amines) is 1. The van der Waals surface area contributed by atoms with Gasteiger partial charge in [0, 0.05) is 19.5 Å². The molecule has 2 fully saturated rings. The molecule has 1 aromatic heterocycles. The third-order valence-electron chi connectivity index (χ3n) is 4.49. The largest absolute Gasteiger partial charge is 0.338 e. The van der Waals surface area contributed by atoms with Crippen LogP contribution in [0.2, 0.25) is 0 Å². The van der Waals surface area contributed by atoms with Crippen molar-refractivity contribution in [3.63, 3.8) is 0 Å². The Morgan fingerprint density at radius 3 is 3.00 bits per heavy atom. The Labute approximate surface area is 114 Å². The van der Waals surface area contributed by atoms with Crippen molar-refractivity contribution in [1.29, 1.82) is 0 Å². The summed E-state index contributed by atoms with van der Waals surface area (Å²) in [6.45, 7) is 7.56. The highest BCUT2D eigenvalue weighted by atomic mass is 16.5. The van der Waals surface area contributed by atoms with E-state index in [1.807, 2.05) is 0 Å². The molecule has 2 aliphatic rings. The van der Waals surface area contributed by atoms with Crippen molar-refractivity contribution in [3.05, 3.63) is 11.7 Å². The summed E-state index contributed by atoms with van der Waals surface area (Å²) in [5.41, 5.74) is 0.490. The lowest BCUT2D eigenvalue weighted by molar-refractivity contribution is 0.0538. The first-order valence-electron chi connectivity index (χ1n) is 7.54. The lowest BCUT2D eigenvalue weighted by Gasteiger charge is -2.45. The summed E-state index contributed by atoms with van der Waals surface area (Å²) in [7, 11) is 0. The summed E-state index contributed by atoms with van der Waals surface area (Å²) in [4.78, 5) is 6.91. The average Bonchev–Trinajstić information content (AvgIpc) is 2.87. The molecular weight excluding hydrogens is 240 g/mol. The molecule has 3 rings (SSSR count). The highest BCUT2D eigenvalue weighted by Gasteiger charge is 2.36. The second kappa shape index (κ2) is 5.59. The maximum Gasteiger partial charge on any atom is 0.240 e. The molecule has 1 aromatic rings. The Morgan fingerprint density at radius 2 is 2.26 bits per heavy atom. The van der Waals surface area contributed by atoms with Crippen LogP contribution in [0.3, 0.4) is 0 Å². The van der Waals surface area contributed by atoms with Crippen LogP contribution >= 0.6 is 0 Å². The Hall–Kier alpha value is -0.940. The standard InChI is InChI=1S/C14H24N4O/c1-2-12-16-13(19-17-12)9-18-8-4-6-14(11-18)5-3-7-15-10-14/h15H,2-11H2,1H3. The number of hydrogen-bond acceptors (Lipinski definition) is 5. The molecule has 1 spiro atoms. The Kier molecular flexibility index (Phi) is 3.84. The summed E-state index contributed by atoms with van der Waals surface area (Å²) >= 11 is 0. The fourth-order valence-electron chi connectivity index (χ4n) is 3.51. The Bertz CT molecular complexity index is 406. The van der Waals surface area contributed by atoms with Gasteiger partial charge in [0.1, 0.15) is 0 Å². The van der Waals surface area contributed by atoms with Gasteiger partial charge in [-0.15, -0.1) is 0 Å². The van der Waals surface area contributed by atoms with Gasteiger partial charge in [-0.3, -0.25) is 4.90 Å². The molecule has 0 saturated carbocycles. The highest BCUT2D eigenvalue weighted by Crippen LogP contribution is 2.36. The third-order valence-corrected chi connectivity index (χ3v) is 4.49. The molecule has 19 heavy (non-hydrogen) atoms. The van der Waals surface area contributed by atoms with Gasteiger partial charge < -0.3 is 9.84 Å². The maximum absolute atomic E-state index is 5.32. The molecular formula is C14H24N4O. The predicted molar refractivity (Wildman–Crippen MR) is 72.7 cm³/mol. The molecule has 3 heterocycles. The monoisotopic (exact) mass is 264 g/mol. The first kappa shape index (κ1) is 13.1. The van der Waals surface area contributed by atoms with E-state index < -0.39 is 0 Å². The average molecular weight is 264 g/mol. The van der Waals surface area contributed by atoms with Gasteiger partial charge in [0.25, 0.3) is 0 Å². The van der Waals surface area contributed by atoms with Crippen LogP contribution in [0.1, 0.15) is 44.3 Å². The van der Waals surface area contributed by atoms with Crippen molar-refractivity contribution in [2.24, 2.45) is 5.41 Å². The van der Waals surface area contributed by atoms with Gasteiger partial charge >= 0.3 is 0 Å². The lowest BCUT2D eigenvalue weighted by atomic mass is 9.74. The number of piperidine rings is 2. The number of rotatable bonds is 3. The number of nitrogens with one attached hydrogen (secondary N) is 1. The minimum atomic E-state index is 0.490. The number of aryl methyl sites for hydroxylation is 1. The summed E-state index contributed by atoms with van der Waals surface area (Å²) in [5, 5.41) is 7.54. The second-order valence-electron chi connectivity index (χ2n) is 6.05. The van der Waals surface area contributed by atoms with Crippen molar-refractivity contribution < 1.29 is 4.52 Å². The van der Waals surface area contributed by atoms with Crippen molar-refractivity contribution in [2.75, 3.05) is 26.2 Å². The van der Waals surface area contributed by atoms with E-state index in [0.717, 1.165) is 31.2 Å². The molecule has 1 atom stereocenters. The smallest absolute Gasteiger partial charge is 0.240 e. The van der Waals surface area contributed by atoms with E-state index in [0.29, 0.717) is 5.41 Å². The molecule has 0 bridgehead atoms. The molecule has 0 aliphatic carbocycles. The zero-order valence-electron chi connectivity index (χ0n) is 11.8. The first-order chi connectivity index (χ1) is 9.30. The second-order valence-corrected chi connectivity index (χ2v) is 6.05. The molecule has 0 aromatic carbocycles. The van der Waals surface area contributed by atoms with Gasteiger partial charge in [-0.2, -0.15) is 4.98 Å². The molecule has 2 saturated heterocycles. The van der Waals surface area contributed by atoms with Crippen molar-refractivity contribution in [2.45, 2.75) is 45.6 Å². The molecule has 1 unspecified atom stereocenters. The van der Waals surface area contributed by atoms with Crippen LogP contribution in [-0.2, 0) is 13.0 Å². The zero-order chi connectivity index (χ0) is 13.1. The number of aromatic nitrogens is 2. The summed E-state index contributed by atoms with van der Waals surface area (Å²) < 4.78 is 5.32. The van der Waals surface area contributed by atoms with E-state index in [1.165, 1.54) is 45.3 Å². The molecule has 5 nitrogen and oxygen atoms in total. The normalized spacial score (nSPS) is 28.9. The van der Waals surface area contributed by atoms with E-state index in [9.17, 15) is 0 Å². The highest BCUT2D eigenvalue weighted by molar-refractivity contribution is 4.93. The van der Waals surface area contributed by atoms with Crippen molar-refractivity contribution >= 4 is 0 Å². The van der Waals surface area contributed by atoms with Gasteiger partial charge in [0.15, 0.2) is 5.82 Å². The van der Waals surface area contributed by atoms with E-state index >= 15 is 0 Å². The van der Waals surface area contributed by atoms with E-state index in [4.69, 9.17) is 4.52 Å². The van der Waals surface area contributed by atoms with E-state index in [-0.39, 0.29) is 0 Å². The first-order valence-corrected chi connectivity index (χ1v) is 7.54. The van der Waals surface area contributed by atoms with Crippen LogP contribution in [0.25, 0.3) is 0 Å². The Balaban J connectivity index is 1.61. The van der Waals surface area contributed by atoms with Crippen LogP contribution < -0.4 is 5.32 Å². The zero-order valence-corrected chi connectivity index (χ0v) is 11.8. The molecule has 106 valence electrons. The van der Waals surface area contributed by atoms with Crippen LogP contribution in [0.15, 0.2) is 4.52 Å². The minimum Gasteiger partial charge on any atom is -0.338 e. The molecule has 1 N–H and O–H groups in total. The Morgan fingerprint density at radius 1 is 1.37 bits per heavy atom. The predicted octanol–water partition coefficient (Wildman–Crippen LogP) is 1.60.